The summed E-state index contributed by atoms with van der Waals surface area (Å²) in [6.07, 6.45) is 0.355. The number of amides is 1. The molecule has 0 aromatic heterocycles. The quantitative estimate of drug-likeness (QED) is 0.597. The summed E-state index contributed by atoms with van der Waals surface area (Å²) in [5.74, 6) is -3.41. The molecule has 15 heavy (non-hydrogen) atoms. The zero-order valence-corrected chi connectivity index (χ0v) is 8.74. The van der Waals surface area contributed by atoms with Crippen molar-refractivity contribution in [2.75, 3.05) is 18.8 Å². The average molecular weight is 236 g/mol. The molecule has 8 heteroatoms. The van der Waals surface area contributed by atoms with Crippen molar-refractivity contribution in [1.29, 1.82) is 0 Å². The molecule has 1 unspecified atom stereocenters. The maximum absolute atomic E-state index is 11.4. The Bertz CT molecular complexity index is 377. The van der Waals surface area contributed by atoms with E-state index in [2.05, 4.69) is 0 Å². The number of nitrogens with two attached hydrogens (primary N) is 1. The third-order valence-corrected chi connectivity index (χ3v) is 3.98. The van der Waals surface area contributed by atoms with Gasteiger partial charge in [-0.3, -0.25) is 9.59 Å². The number of primary amides is 1. The van der Waals surface area contributed by atoms with E-state index in [0.29, 0.717) is 6.42 Å². The van der Waals surface area contributed by atoms with Crippen LogP contribution in [0.4, 0.5) is 0 Å². The number of rotatable bonds is 4. The Morgan fingerprint density at radius 1 is 1.47 bits per heavy atom. The Balaban J connectivity index is 2.68. The summed E-state index contributed by atoms with van der Waals surface area (Å²) in [6.45, 7) is 0.147. The lowest BCUT2D eigenvalue weighted by Crippen LogP contribution is -2.35. The first-order valence-corrected chi connectivity index (χ1v) is 5.93. The van der Waals surface area contributed by atoms with Gasteiger partial charge in [0.25, 0.3) is 0 Å². The van der Waals surface area contributed by atoms with Crippen LogP contribution in [0.2, 0.25) is 0 Å². The van der Waals surface area contributed by atoms with Crippen molar-refractivity contribution in [2.45, 2.75) is 6.42 Å². The lowest BCUT2D eigenvalue weighted by Gasteiger charge is -2.13. The Hall–Kier alpha value is -1.15. The van der Waals surface area contributed by atoms with E-state index in [1.54, 1.807) is 0 Å². The van der Waals surface area contributed by atoms with Crippen LogP contribution >= 0.6 is 0 Å². The lowest BCUT2D eigenvalue weighted by atomic mass is 10.1. The van der Waals surface area contributed by atoms with Crippen molar-refractivity contribution < 1.29 is 23.1 Å². The van der Waals surface area contributed by atoms with Gasteiger partial charge in [-0.2, -0.15) is 0 Å². The molecule has 7 nitrogen and oxygen atoms in total. The fraction of sp³-hybridized carbons (Fsp3) is 0.714. The summed E-state index contributed by atoms with van der Waals surface area (Å²) in [5.41, 5.74) is 5.03. The molecule has 0 radical (unpaired) electrons. The van der Waals surface area contributed by atoms with E-state index in [1.807, 2.05) is 0 Å². The molecular formula is C7H12N2O5S. The Morgan fingerprint density at radius 3 is 2.47 bits per heavy atom. The zero-order chi connectivity index (χ0) is 11.6. The van der Waals surface area contributed by atoms with Gasteiger partial charge in [-0.25, -0.2) is 12.7 Å². The second-order valence-electron chi connectivity index (χ2n) is 3.40. The molecule has 1 aliphatic heterocycles. The van der Waals surface area contributed by atoms with Crippen molar-refractivity contribution >= 4 is 21.9 Å². The van der Waals surface area contributed by atoms with Crippen LogP contribution in [0.3, 0.4) is 0 Å². The number of hydrogen-bond acceptors (Lipinski definition) is 4. The van der Waals surface area contributed by atoms with Gasteiger partial charge < -0.3 is 10.8 Å². The molecule has 0 spiro atoms. The second kappa shape index (κ2) is 4.15. The number of carboxylic acid groups (broad SMARTS) is 1. The summed E-state index contributed by atoms with van der Waals surface area (Å²) in [7, 11) is -3.80. The first kappa shape index (κ1) is 11.9. The minimum absolute atomic E-state index is 0.00898. The molecule has 86 valence electrons. The summed E-state index contributed by atoms with van der Waals surface area (Å²) in [4.78, 5) is 21.1. The molecule has 1 atom stereocenters. The predicted octanol–water partition coefficient (Wildman–Crippen LogP) is -1.79. The Labute approximate surface area is 86.9 Å². The number of sulfonamides is 1. The molecular weight excluding hydrogens is 224 g/mol. The molecule has 3 N–H and O–H groups in total. The maximum atomic E-state index is 11.4. The number of nitrogens with zero attached hydrogens (tertiary/aromatic N) is 1. The minimum Gasteiger partial charge on any atom is -0.480 e. The van der Waals surface area contributed by atoms with E-state index < -0.39 is 33.6 Å². The average Bonchev–Trinajstić information content (AvgIpc) is 2.48. The van der Waals surface area contributed by atoms with Gasteiger partial charge in [0.15, 0.2) is 5.75 Å². The van der Waals surface area contributed by atoms with Gasteiger partial charge in [0.05, 0.1) is 5.92 Å². The highest BCUT2D eigenvalue weighted by Gasteiger charge is 2.34. The highest BCUT2D eigenvalue weighted by molar-refractivity contribution is 7.89. The van der Waals surface area contributed by atoms with Crippen LogP contribution in [0.15, 0.2) is 0 Å². The van der Waals surface area contributed by atoms with Crippen molar-refractivity contribution in [2.24, 2.45) is 11.7 Å². The molecule has 1 rings (SSSR count). The van der Waals surface area contributed by atoms with Crippen LogP contribution in [0.1, 0.15) is 6.42 Å². The van der Waals surface area contributed by atoms with E-state index >= 15 is 0 Å². The molecule has 1 aliphatic rings. The molecule has 1 fully saturated rings. The molecule has 1 saturated heterocycles. The van der Waals surface area contributed by atoms with Crippen molar-refractivity contribution in [1.82, 2.24) is 4.31 Å². The van der Waals surface area contributed by atoms with Gasteiger partial charge >= 0.3 is 5.97 Å². The smallest absolute Gasteiger partial charge is 0.320 e. The Morgan fingerprint density at radius 2 is 2.07 bits per heavy atom. The van der Waals surface area contributed by atoms with Crippen LogP contribution in [-0.2, 0) is 19.6 Å². The largest absolute Gasteiger partial charge is 0.480 e. The minimum atomic E-state index is -3.80. The third kappa shape index (κ3) is 2.90. The normalized spacial score (nSPS) is 22.8. The van der Waals surface area contributed by atoms with E-state index in [4.69, 9.17) is 10.8 Å². The van der Waals surface area contributed by atoms with Gasteiger partial charge in [-0.1, -0.05) is 0 Å². The van der Waals surface area contributed by atoms with Crippen LogP contribution in [0.5, 0.6) is 0 Å². The topological polar surface area (TPSA) is 118 Å². The zero-order valence-electron chi connectivity index (χ0n) is 7.92. The summed E-state index contributed by atoms with van der Waals surface area (Å²) < 4.78 is 23.8. The van der Waals surface area contributed by atoms with Crippen molar-refractivity contribution in [3.63, 3.8) is 0 Å². The maximum Gasteiger partial charge on any atom is 0.320 e. The van der Waals surface area contributed by atoms with Gasteiger partial charge in [-0.15, -0.1) is 0 Å². The molecule has 0 bridgehead atoms. The van der Waals surface area contributed by atoms with Gasteiger partial charge in [0.2, 0.25) is 15.9 Å². The van der Waals surface area contributed by atoms with Gasteiger partial charge in [0, 0.05) is 13.1 Å². The van der Waals surface area contributed by atoms with Crippen molar-refractivity contribution in [3.8, 4) is 0 Å². The van der Waals surface area contributed by atoms with Gasteiger partial charge in [-0.05, 0) is 6.42 Å². The monoisotopic (exact) mass is 236 g/mol. The van der Waals surface area contributed by atoms with E-state index in [9.17, 15) is 18.0 Å². The van der Waals surface area contributed by atoms with E-state index in [0.717, 1.165) is 4.31 Å². The molecule has 1 heterocycles. The number of carboxylic acids is 1. The third-order valence-electron chi connectivity index (χ3n) is 2.25. The van der Waals surface area contributed by atoms with Crippen molar-refractivity contribution in [3.05, 3.63) is 0 Å². The number of carbonyl (C=O) groups excluding carboxylic acids is 1. The molecule has 0 aromatic carbocycles. The molecule has 0 aliphatic carbocycles. The highest BCUT2D eigenvalue weighted by atomic mass is 32.2. The lowest BCUT2D eigenvalue weighted by molar-refractivity contribution is -0.134. The second-order valence-corrected chi connectivity index (χ2v) is 5.36. The number of hydrogen-bond donors (Lipinski definition) is 2. The highest BCUT2D eigenvalue weighted by Crippen LogP contribution is 2.19. The summed E-state index contributed by atoms with van der Waals surface area (Å²) >= 11 is 0. The predicted molar refractivity (Wildman–Crippen MR) is 50.3 cm³/mol. The van der Waals surface area contributed by atoms with E-state index in [1.165, 1.54) is 0 Å². The fourth-order valence-corrected chi connectivity index (χ4v) is 2.75. The van der Waals surface area contributed by atoms with Crippen LogP contribution < -0.4 is 5.73 Å². The SMILES string of the molecule is NC(=O)C1CCN(S(=O)(=O)CC(=O)O)C1. The van der Waals surface area contributed by atoms with Crippen LogP contribution in [0, 0.1) is 5.92 Å². The number of carbonyl (C=O) groups is 2. The van der Waals surface area contributed by atoms with Crippen LogP contribution in [0.25, 0.3) is 0 Å². The molecule has 1 amide bonds. The molecule has 0 saturated carbocycles. The fourth-order valence-electron chi connectivity index (χ4n) is 1.46. The summed E-state index contributed by atoms with van der Waals surface area (Å²) in [6, 6.07) is 0. The Kier molecular flexibility index (Phi) is 3.30. The van der Waals surface area contributed by atoms with Gasteiger partial charge in [0.1, 0.15) is 0 Å². The summed E-state index contributed by atoms with van der Waals surface area (Å²) in [5, 5.41) is 8.39. The standard InChI is InChI=1S/C7H12N2O5S/c8-7(12)5-1-2-9(3-5)15(13,14)4-6(10)11/h5H,1-4H2,(H2,8,12)(H,10,11). The van der Waals surface area contributed by atoms with E-state index in [-0.39, 0.29) is 13.1 Å². The van der Waals surface area contributed by atoms with Crippen LogP contribution in [-0.4, -0.2) is 48.5 Å². The first-order chi connectivity index (χ1) is 6.83. The first-order valence-electron chi connectivity index (χ1n) is 4.32. The number of aliphatic carboxylic acids is 1. The molecule has 0 aromatic rings.